The summed E-state index contributed by atoms with van der Waals surface area (Å²) in [5.74, 6) is 0.891. The van der Waals surface area contributed by atoms with E-state index in [1.807, 2.05) is 12.1 Å². The van der Waals surface area contributed by atoms with E-state index in [1.54, 1.807) is 7.11 Å². The largest absolute Gasteiger partial charge is 0.497 e. The summed E-state index contributed by atoms with van der Waals surface area (Å²) < 4.78 is 5.14. The molecule has 100 valence electrons. The zero-order chi connectivity index (χ0) is 13.0. The van der Waals surface area contributed by atoms with Crippen LogP contribution >= 0.6 is 0 Å². The molecule has 0 saturated carbocycles. The molecule has 18 heavy (non-hydrogen) atoms. The number of β-amino-alcohol motifs (C(OH)–C–C–N with tert-alkyl or cyclic N) is 1. The van der Waals surface area contributed by atoms with Crippen LogP contribution in [0.25, 0.3) is 0 Å². The lowest BCUT2D eigenvalue weighted by Crippen LogP contribution is -2.34. The maximum atomic E-state index is 9.46. The van der Waals surface area contributed by atoms with Crippen LogP contribution < -0.4 is 10.1 Å². The number of aliphatic hydroxyl groups excluding tert-OH is 1. The van der Waals surface area contributed by atoms with Gasteiger partial charge in [0.15, 0.2) is 0 Å². The molecular formula is C14H22N2O2. The average molecular weight is 250 g/mol. The van der Waals surface area contributed by atoms with E-state index < -0.39 is 0 Å². The van der Waals surface area contributed by atoms with Crippen LogP contribution in [-0.4, -0.2) is 49.4 Å². The van der Waals surface area contributed by atoms with E-state index in [0.29, 0.717) is 6.04 Å². The molecule has 2 N–H and O–H groups in total. The lowest BCUT2D eigenvalue weighted by atomic mass is 10.1. The Bertz CT molecular complexity index is 367. The third-order valence-electron chi connectivity index (χ3n) is 3.34. The molecule has 1 aliphatic rings. The lowest BCUT2D eigenvalue weighted by molar-refractivity contribution is 0.189. The van der Waals surface area contributed by atoms with Crippen molar-refractivity contribution in [2.24, 2.45) is 0 Å². The van der Waals surface area contributed by atoms with E-state index in [9.17, 15) is 5.11 Å². The molecule has 2 atom stereocenters. The second-order valence-electron chi connectivity index (χ2n) is 5.04. The number of nitrogens with zero attached hydrogens (tertiary/aromatic N) is 1. The van der Waals surface area contributed by atoms with Gasteiger partial charge < -0.3 is 20.1 Å². The quantitative estimate of drug-likeness (QED) is 0.813. The molecule has 1 aliphatic heterocycles. The zero-order valence-corrected chi connectivity index (χ0v) is 11.1. The Hall–Kier alpha value is -1.10. The van der Waals surface area contributed by atoms with Gasteiger partial charge in [0.25, 0.3) is 0 Å². The van der Waals surface area contributed by atoms with Crippen molar-refractivity contribution in [3.63, 3.8) is 0 Å². The predicted octanol–water partition coefficient (Wildman–Crippen LogP) is 0.850. The van der Waals surface area contributed by atoms with Gasteiger partial charge in [0.05, 0.1) is 13.2 Å². The van der Waals surface area contributed by atoms with Crippen LogP contribution in [0.4, 0.5) is 0 Å². The summed E-state index contributed by atoms with van der Waals surface area (Å²) in [6.45, 7) is 2.60. The Morgan fingerprint density at radius 1 is 1.39 bits per heavy atom. The van der Waals surface area contributed by atoms with Gasteiger partial charge in [-0.2, -0.15) is 0 Å². The summed E-state index contributed by atoms with van der Waals surface area (Å²) in [5, 5.41) is 12.8. The van der Waals surface area contributed by atoms with Gasteiger partial charge in [-0.3, -0.25) is 0 Å². The maximum Gasteiger partial charge on any atom is 0.118 e. The molecule has 4 nitrogen and oxygen atoms in total. The van der Waals surface area contributed by atoms with Crippen LogP contribution in [-0.2, 0) is 6.54 Å². The number of ether oxygens (including phenoxy) is 1. The average Bonchev–Trinajstić information content (AvgIpc) is 2.75. The predicted molar refractivity (Wildman–Crippen MR) is 71.7 cm³/mol. The van der Waals surface area contributed by atoms with Gasteiger partial charge in [-0.05, 0) is 31.2 Å². The minimum absolute atomic E-state index is 0.176. The van der Waals surface area contributed by atoms with Gasteiger partial charge in [-0.25, -0.2) is 0 Å². The minimum atomic E-state index is -0.176. The molecule has 0 spiro atoms. The molecule has 0 amide bonds. The Morgan fingerprint density at radius 3 is 2.67 bits per heavy atom. The van der Waals surface area contributed by atoms with E-state index in [0.717, 1.165) is 31.8 Å². The first kappa shape index (κ1) is 13.3. The first-order chi connectivity index (χ1) is 8.67. The first-order valence-electron chi connectivity index (χ1n) is 6.40. The summed E-state index contributed by atoms with van der Waals surface area (Å²) in [7, 11) is 3.79. The fourth-order valence-corrected chi connectivity index (χ4v) is 2.42. The smallest absolute Gasteiger partial charge is 0.118 e. The number of methoxy groups -OCH3 is 1. The Morgan fingerprint density at radius 2 is 2.11 bits per heavy atom. The van der Waals surface area contributed by atoms with Crippen LogP contribution in [0.3, 0.4) is 0 Å². The number of rotatable bonds is 5. The van der Waals surface area contributed by atoms with E-state index in [4.69, 9.17) is 4.74 Å². The first-order valence-corrected chi connectivity index (χ1v) is 6.40. The van der Waals surface area contributed by atoms with Crippen molar-refractivity contribution < 1.29 is 9.84 Å². The second-order valence-corrected chi connectivity index (χ2v) is 5.04. The number of hydrogen-bond acceptors (Lipinski definition) is 4. The van der Waals surface area contributed by atoms with Crippen molar-refractivity contribution in [1.82, 2.24) is 10.2 Å². The fraction of sp³-hybridized carbons (Fsp3) is 0.571. The SMILES string of the molecule is COc1ccc(CN(C)C[C@@H]2C[C@@H](O)CN2)cc1. The van der Waals surface area contributed by atoms with Crippen LogP contribution in [0, 0.1) is 0 Å². The van der Waals surface area contributed by atoms with Crippen molar-refractivity contribution in [3.05, 3.63) is 29.8 Å². The molecule has 1 saturated heterocycles. The van der Waals surface area contributed by atoms with E-state index in [1.165, 1.54) is 5.56 Å². The molecule has 1 heterocycles. The third-order valence-corrected chi connectivity index (χ3v) is 3.34. The maximum absolute atomic E-state index is 9.46. The zero-order valence-electron chi connectivity index (χ0n) is 11.1. The van der Waals surface area contributed by atoms with Crippen LogP contribution in [0.2, 0.25) is 0 Å². The molecule has 0 aliphatic carbocycles. The summed E-state index contributed by atoms with van der Waals surface area (Å²) in [5.41, 5.74) is 1.27. The van der Waals surface area contributed by atoms with Crippen LogP contribution in [0.5, 0.6) is 5.75 Å². The number of likely N-dealkylation sites (N-methyl/N-ethyl adjacent to an activating group) is 1. The summed E-state index contributed by atoms with van der Waals surface area (Å²) in [6, 6.07) is 8.56. The van der Waals surface area contributed by atoms with Gasteiger partial charge in [0.1, 0.15) is 5.75 Å². The van der Waals surface area contributed by atoms with Gasteiger partial charge in [0.2, 0.25) is 0 Å². The molecular weight excluding hydrogens is 228 g/mol. The minimum Gasteiger partial charge on any atom is -0.497 e. The normalized spacial score (nSPS) is 23.6. The molecule has 0 radical (unpaired) electrons. The summed E-state index contributed by atoms with van der Waals surface area (Å²) in [4.78, 5) is 2.28. The molecule has 2 rings (SSSR count). The number of hydrogen-bond donors (Lipinski definition) is 2. The molecule has 0 unspecified atom stereocenters. The number of aliphatic hydroxyl groups is 1. The summed E-state index contributed by atoms with van der Waals surface area (Å²) in [6.07, 6.45) is 0.678. The number of nitrogens with one attached hydrogen (secondary N) is 1. The van der Waals surface area contributed by atoms with Crippen molar-refractivity contribution in [3.8, 4) is 5.75 Å². The van der Waals surface area contributed by atoms with Gasteiger partial charge >= 0.3 is 0 Å². The van der Waals surface area contributed by atoms with E-state index in [2.05, 4.69) is 29.4 Å². The van der Waals surface area contributed by atoms with Crippen LogP contribution in [0.15, 0.2) is 24.3 Å². The van der Waals surface area contributed by atoms with E-state index >= 15 is 0 Å². The summed E-state index contributed by atoms with van der Waals surface area (Å²) >= 11 is 0. The fourth-order valence-electron chi connectivity index (χ4n) is 2.42. The highest BCUT2D eigenvalue weighted by Gasteiger charge is 2.22. The molecule has 1 fully saturated rings. The van der Waals surface area contributed by atoms with Crippen molar-refractivity contribution >= 4 is 0 Å². The number of benzene rings is 1. The van der Waals surface area contributed by atoms with Crippen molar-refractivity contribution in [2.45, 2.75) is 25.1 Å². The monoisotopic (exact) mass is 250 g/mol. The molecule has 4 heteroatoms. The standard InChI is InChI=1S/C14H22N2O2/c1-16(10-12-7-13(17)8-15-12)9-11-3-5-14(18-2)6-4-11/h3-6,12-13,15,17H,7-10H2,1-2H3/t12-,13+/m0/s1. The topological polar surface area (TPSA) is 44.7 Å². The van der Waals surface area contributed by atoms with Gasteiger partial charge in [-0.15, -0.1) is 0 Å². The molecule has 0 bridgehead atoms. The highest BCUT2D eigenvalue weighted by atomic mass is 16.5. The van der Waals surface area contributed by atoms with Crippen LogP contribution in [0.1, 0.15) is 12.0 Å². The van der Waals surface area contributed by atoms with Crippen molar-refractivity contribution in [2.75, 3.05) is 27.2 Å². The van der Waals surface area contributed by atoms with Gasteiger partial charge in [-0.1, -0.05) is 12.1 Å². The highest BCUT2D eigenvalue weighted by Crippen LogP contribution is 2.13. The highest BCUT2D eigenvalue weighted by molar-refractivity contribution is 5.27. The Balaban J connectivity index is 1.80. The Labute approximate surface area is 109 Å². The molecule has 0 aromatic heterocycles. The van der Waals surface area contributed by atoms with E-state index in [-0.39, 0.29) is 6.10 Å². The third kappa shape index (κ3) is 3.70. The molecule has 1 aromatic rings. The van der Waals surface area contributed by atoms with Crippen molar-refractivity contribution in [1.29, 1.82) is 0 Å². The second kappa shape index (κ2) is 6.18. The van der Waals surface area contributed by atoms with Gasteiger partial charge in [0, 0.05) is 25.7 Å². The molecule has 1 aromatic carbocycles. The lowest BCUT2D eigenvalue weighted by Gasteiger charge is -2.21. The Kier molecular flexibility index (Phi) is 4.58.